The third-order valence-corrected chi connectivity index (χ3v) is 5.93. The molecule has 32 heavy (non-hydrogen) atoms. The SMILES string of the molecule is O=C(Nc1ccc2c(c1)OCO2)C1CCN(C(=O)C[C@H]2Oc3ccccc3NC2=O)CC1. The normalized spacial score (nSPS) is 19.6. The maximum atomic E-state index is 12.7. The van der Waals surface area contributed by atoms with E-state index in [0.29, 0.717) is 54.6 Å². The number of rotatable bonds is 4. The zero-order valence-corrected chi connectivity index (χ0v) is 17.3. The Morgan fingerprint density at radius 3 is 2.66 bits per heavy atom. The summed E-state index contributed by atoms with van der Waals surface area (Å²) in [7, 11) is 0. The molecule has 3 amide bonds. The van der Waals surface area contributed by atoms with Gasteiger partial charge in [-0.05, 0) is 37.1 Å². The predicted octanol–water partition coefficient (Wildman–Crippen LogP) is 2.38. The highest BCUT2D eigenvalue weighted by Crippen LogP contribution is 2.34. The number of carbonyl (C=O) groups excluding carboxylic acids is 3. The van der Waals surface area contributed by atoms with E-state index in [0.717, 1.165) is 0 Å². The fraction of sp³-hybridized carbons (Fsp3) is 0.348. The van der Waals surface area contributed by atoms with E-state index in [1.807, 2.05) is 6.07 Å². The molecule has 1 fully saturated rings. The molecule has 0 unspecified atom stereocenters. The van der Waals surface area contributed by atoms with E-state index in [2.05, 4.69) is 10.6 Å². The van der Waals surface area contributed by atoms with Gasteiger partial charge in [-0.3, -0.25) is 14.4 Å². The summed E-state index contributed by atoms with van der Waals surface area (Å²) in [6.07, 6.45) is 0.226. The Morgan fingerprint density at radius 2 is 1.81 bits per heavy atom. The molecule has 0 aliphatic carbocycles. The smallest absolute Gasteiger partial charge is 0.266 e. The molecule has 3 aliphatic heterocycles. The van der Waals surface area contributed by atoms with Gasteiger partial charge >= 0.3 is 0 Å². The van der Waals surface area contributed by atoms with Gasteiger partial charge in [0.05, 0.1) is 12.1 Å². The molecule has 9 nitrogen and oxygen atoms in total. The summed E-state index contributed by atoms with van der Waals surface area (Å²) in [6, 6.07) is 12.4. The summed E-state index contributed by atoms with van der Waals surface area (Å²) in [5.41, 5.74) is 1.26. The van der Waals surface area contributed by atoms with Gasteiger partial charge in [-0.25, -0.2) is 0 Å². The number of ether oxygens (including phenoxy) is 3. The molecule has 0 bridgehead atoms. The molecular formula is C23H23N3O6. The Hall–Kier alpha value is -3.75. The van der Waals surface area contributed by atoms with Crippen molar-refractivity contribution in [2.24, 2.45) is 5.92 Å². The number of nitrogens with zero attached hydrogens (tertiary/aromatic N) is 1. The van der Waals surface area contributed by atoms with E-state index >= 15 is 0 Å². The van der Waals surface area contributed by atoms with Crippen LogP contribution in [0.4, 0.5) is 11.4 Å². The first kappa shape index (κ1) is 20.2. The first-order valence-electron chi connectivity index (χ1n) is 10.6. The van der Waals surface area contributed by atoms with Crippen molar-refractivity contribution < 1.29 is 28.6 Å². The van der Waals surface area contributed by atoms with Crippen LogP contribution in [0.15, 0.2) is 42.5 Å². The fourth-order valence-electron chi connectivity index (χ4n) is 4.12. The number of fused-ring (bicyclic) bond motifs is 2. The maximum absolute atomic E-state index is 12.7. The van der Waals surface area contributed by atoms with Gasteiger partial charge in [-0.1, -0.05) is 12.1 Å². The first-order chi connectivity index (χ1) is 15.6. The summed E-state index contributed by atoms with van der Waals surface area (Å²) >= 11 is 0. The largest absolute Gasteiger partial charge is 0.478 e. The highest BCUT2D eigenvalue weighted by Gasteiger charge is 2.33. The van der Waals surface area contributed by atoms with Crippen molar-refractivity contribution in [1.82, 2.24) is 4.90 Å². The summed E-state index contributed by atoms with van der Waals surface area (Å²) in [4.78, 5) is 39.4. The number of amides is 3. The van der Waals surface area contributed by atoms with Gasteiger partial charge in [-0.15, -0.1) is 0 Å². The molecule has 2 aromatic carbocycles. The van der Waals surface area contributed by atoms with Gasteiger partial charge in [0.2, 0.25) is 18.6 Å². The summed E-state index contributed by atoms with van der Waals surface area (Å²) in [6.45, 7) is 1.10. The molecule has 1 atom stereocenters. The van der Waals surface area contributed by atoms with Crippen molar-refractivity contribution in [3.63, 3.8) is 0 Å². The topological polar surface area (TPSA) is 106 Å². The van der Waals surface area contributed by atoms with Gasteiger partial charge in [0, 0.05) is 30.8 Å². The minimum absolute atomic E-state index is 0.0335. The number of likely N-dealkylation sites (tertiary alicyclic amines) is 1. The summed E-state index contributed by atoms with van der Waals surface area (Å²) in [5, 5.41) is 5.69. The minimum atomic E-state index is -0.857. The third-order valence-electron chi connectivity index (χ3n) is 5.93. The van der Waals surface area contributed by atoms with Crippen LogP contribution < -0.4 is 24.8 Å². The standard InChI is InChI=1S/C23H23N3O6/c27-21(12-20-23(29)25-16-3-1-2-4-17(16)32-20)26-9-7-14(8-10-26)22(28)24-15-5-6-18-19(11-15)31-13-30-18/h1-6,11,14,20H,7-10,12-13H2,(H,24,28)(H,25,29)/t20-/m1/s1. The molecule has 2 aromatic rings. The molecule has 1 saturated heterocycles. The predicted molar refractivity (Wildman–Crippen MR) is 115 cm³/mol. The fourth-order valence-corrected chi connectivity index (χ4v) is 4.12. The molecule has 3 aliphatic rings. The second-order valence-electron chi connectivity index (χ2n) is 8.01. The molecule has 2 N–H and O–H groups in total. The molecule has 0 radical (unpaired) electrons. The highest BCUT2D eigenvalue weighted by molar-refractivity contribution is 6.00. The third kappa shape index (κ3) is 4.05. The lowest BCUT2D eigenvalue weighted by Gasteiger charge is -2.33. The lowest BCUT2D eigenvalue weighted by atomic mass is 9.95. The monoisotopic (exact) mass is 437 g/mol. The molecule has 166 valence electrons. The van der Waals surface area contributed by atoms with Crippen molar-refractivity contribution in [2.45, 2.75) is 25.4 Å². The average molecular weight is 437 g/mol. The number of hydrogen-bond donors (Lipinski definition) is 2. The van der Waals surface area contributed by atoms with Crippen LogP contribution in [0.3, 0.4) is 0 Å². The molecule has 3 heterocycles. The average Bonchev–Trinajstić information content (AvgIpc) is 3.27. The van der Waals surface area contributed by atoms with Crippen molar-refractivity contribution in [3.8, 4) is 17.2 Å². The van der Waals surface area contributed by atoms with E-state index in [-0.39, 0.29) is 36.9 Å². The number of carbonyl (C=O) groups is 3. The Kier molecular flexibility index (Phi) is 5.30. The number of piperidine rings is 1. The maximum Gasteiger partial charge on any atom is 0.266 e. The van der Waals surface area contributed by atoms with E-state index in [1.165, 1.54) is 0 Å². The highest BCUT2D eigenvalue weighted by atomic mass is 16.7. The Balaban J connectivity index is 1.12. The van der Waals surface area contributed by atoms with E-state index in [4.69, 9.17) is 14.2 Å². The van der Waals surface area contributed by atoms with Crippen LogP contribution in [0.5, 0.6) is 17.2 Å². The zero-order chi connectivity index (χ0) is 22.1. The second kappa shape index (κ2) is 8.41. The number of anilines is 2. The first-order valence-corrected chi connectivity index (χ1v) is 10.6. The lowest BCUT2D eigenvalue weighted by Crippen LogP contribution is -2.45. The number of nitrogens with one attached hydrogen (secondary N) is 2. The van der Waals surface area contributed by atoms with Crippen LogP contribution >= 0.6 is 0 Å². The minimum Gasteiger partial charge on any atom is -0.478 e. The van der Waals surface area contributed by atoms with Crippen LogP contribution in [0.2, 0.25) is 0 Å². The molecular weight excluding hydrogens is 414 g/mol. The Bertz CT molecular complexity index is 1060. The second-order valence-corrected chi connectivity index (χ2v) is 8.01. The molecule has 0 saturated carbocycles. The van der Waals surface area contributed by atoms with Crippen molar-refractivity contribution in [1.29, 1.82) is 0 Å². The van der Waals surface area contributed by atoms with Crippen LogP contribution in [0.1, 0.15) is 19.3 Å². The molecule has 0 aromatic heterocycles. The Morgan fingerprint density at radius 1 is 1.03 bits per heavy atom. The van der Waals surface area contributed by atoms with Gasteiger partial charge < -0.3 is 29.7 Å². The van der Waals surface area contributed by atoms with Gasteiger partial charge in [0.1, 0.15) is 5.75 Å². The van der Waals surface area contributed by atoms with Crippen LogP contribution in [-0.2, 0) is 14.4 Å². The Labute approximate surface area is 184 Å². The van der Waals surface area contributed by atoms with E-state index in [1.54, 1.807) is 41.3 Å². The summed E-state index contributed by atoms with van der Waals surface area (Å²) < 4.78 is 16.3. The molecule has 5 rings (SSSR count). The molecule has 0 spiro atoms. The van der Waals surface area contributed by atoms with Crippen molar-refractivity contribution >= 4 is 29.1 Å². The zero-order valence-electron chi connectivity index (χ0n) is 17.3. The van der Waals surface area contributed by atoms with Crippen molar-refractivity contribution in [3.05, 3.63) is 42.5 Å². The van der Waals surface area contributed by atoms with Gasteiger partial charge in [-0.2, -0.15) is 0 Å². The lowest BCUT2D eigenvalue weighted by molar-refractivity contribution is -0.139. The van der Waals surface area contributed by atoms with E-state index in [9.17, 15) is 14.4 Å². The number of benzene rings is 2. The van der Waals surface area contributed by atoms with Gasteiger partial charge in [0.15, 0.2) is 17.6 Å². The number of hydrogen-bond acceptors (Lipinski definition) is 6. The van der Waals surface area contributed by atoms with Crippen molar-refractivity contribution in [2.75, 3.05) is 30.5 Å². The van der Waals surface area contributed by atoms with Gasteiger partial charge in [0.25, 0.3) is 5.91 Å². The number of para-hydroxylation sites is 2. The molecule has 9 heteroatoms. The van der Waals surface area contributed by atoms with E-state index < -0.39 is 6.10 Å². The van der Waals surface area contributed by atoms with Crippen LogP contribution in [-0.4, -0.2) is 48.6 Å². The quantitative estimate of drug-likeness (QED) is 0.761. The van der Waals surface area contributed by atoms with Crippen LogP contribution in [0.25, 0.3) is 0 Å². The summed E-state index contributed by atoms with van der Waals surface area (Å²) in [5.74, 6) is 1.08. The van der Waals surface area contributed by atoms with Crippen LogP contribution in [0, 0.1) is 5.92 Å².